The Morgan fingerprint density at radius 2 is 1.55 bits per heavy atom. The lowest BCUT2D eigenvalue weighted by molar-refractivity contribution is 0.436. The van der Waals surface area contributed by atoms with E-state index in [1.54, 1.807) is 20.8 Å². The zero-order valence-electron chi connectivity index (χ0n) is 11.0. The molecule has 0 aliphatic heterocycles. The molecule has 0 saturated heterocycles. The fraction of sp³-hybridized carbons (Fsp3) is 0.333. The van der Waals surface area contributed by atoms with Crippen LogP contribution in [-0.2, 0) is 5.41 Å². The van der Waals surface area contributed by atoms with Crippen molar-refractivity contribution in [3.63, 3.8) is 0 Å². The van der Waals surface area contributed by atoms with E-state index < -0.39 is 34.4 Å². The summed E-state index contributed by atoms with van der Waals surface area (Å²) < 4.78 is 54.8. The molecule has 0 atom stereocenters. The van der Waals surface area contributed by atoms with Crippen molar-refractivity contribution in [2.75, 3.05) is 5.73 Å². The normalized spacial score (nSPS) is 11.9. The van der Waals surface area contributed by atoms with Crippen molar-refractivity contribution >= 4 is 5.82 Å². The van der Waals surface area contributed by atoms with E-state index in [-0.39, 0.29) is 17.6 Å². The van der Waals surface area contributed by atoms with E-state index in [4.69, 9.17) is 5.73 Å². The van der Waals surface area contributed by atoms with Crippen molar-refractivity contribution < 1.29 is 17.6 Å². The van der Waals surface area contributed by atoms with E-state index in [9.17, 15) is 17.6 Å². The number of anilines is 1. The SMILES string of the molecule is CC(C)(C)c1c(N)nnn1-c1c(F)c(F)cc(F)c1F. The topological polar surface area (TPSA) is 56.7 Å². The molecule has 0 radical (unpaired) electrons. The van der Waals surface area contributed by atoms with E-state index >= 15 is 0 Å². The Kier molecular flexibility index (Phi) is 3.19. The fourth-order valence-corrected chi connectivity index (χ4v) is 1.90. The van der Waals surface area contributed by atoms with Crippen LogP contribution in [0.5, 0.6) is 0 Å². The molecule has 2 rings (SSSR count). The average molecular weight is 288 g/mol. The molecule has 8 heteroatoms. The van der Waals surface area contributed by atoms with Gasteiger partial charge in [0.15, 0.2) is 29.1 Å². The molecule has 108 valence electrons. The van der Waals surface area contributed by atoms with Gasteiger partial charge in [-0.15, -0.1) is 5.10 Å². The van der Waals surface area contributed by atoms with Gasteiger partial charge in [-0.3, -0.25) is 0 Å². The molecule has 1 heterocycles. The number of hydrogen-bond acceptors (Lipinski definition) is 3. The first-order valence-corrected chi connectivity index (χ1v) is 5.69. The van der Waals surface area contributed by atoms with E-state index in [0.29, 0.717) is 4.68 Å². The first-order chi connectivity index (χ1) is 9.14. The molecular weight excluding hydrogens is 276 g/mol. The number of rotatable bonds is 1. The molecule has 0 spiro atoms. The van der Waals surface area contributed by atoms with Crippen molar-refractivity contribution in [2.24, 2.45) is 0 Å². The van der Waals surface area contributed by atoms with Crippen molar-refractivity contribution in [3.05, 3.63) is 35.0 Å². The largest absolute Gasteiger partial charge is 0.381 e. The zero-order chi connectivity index (χ0) is 15.2. The van der Waals surface area contributed by atoms with Gasteiger partial charge in [-0.2, -0.15) is 0 Å². The number of nitrogen functional groups attached to an aromatic ring is 1. The Balaban J connectivity index is 2.84. The standard InChI is InChI=1S/C12H12F4N4/c1-12(2,3)10-11(17)18-19-20(10)9-7(15)5(13)4-6(14)8(9)16/h4H,17H2,1-3H3. The summed E-state index contributed by atoms with van der Waals surface area (Å²) in [6, 6.07) is 0.130. The summed E-state index contributed by atoms with van der Waals surface area (Å²) in [5.74, 6) is -6.22. The van der Waals surface area contributed by atoms with Crippen LogP contribution >= 0.6 is 0 Å². The Labute approximate surface area is 112 Å². The minimum Gasteiger partial charge on any atom is -0.381 e. The van der Waals surface area contributed by atoms with Crippen LogP contribution in [0.1, 0.15) is 26.5 Å². The van der Waals surface area contributed by atoms with Crippen LogP contribution in [0.15, 0.2) is 6.07 Å². The second kappa shape index (κ2) is 4.46. The summed E-state index contributed by atoms with van der Waals surface area (Å²) in [6.07, 6.45) is 0. The Morgan fingerprint density at radius 1 is 1.05 bits per heavy atom. The Bertz CT molecular complexity index is 647. The number of nitrogens with two attached hydrogens (primary N) is 1. The molecular formula is C12H12F4N4. The van der Waals surface area contributed by atoms with E-state index in [1.807, 2.05) is 0 Å². The molecule has 20 heavy (non-hydrogen) atoms. The maximum absolute atomic E-state index is 13.8. The van der Waals surface area contributed by atoms with Crippen molar-refractivity contribution in [1.82, 2.24) is 15.0 Å². The highest BCUT2D eigenvalue weighted by Gasteiger charge is 2.30. The molecule has 0 bridgehead atoms. The number of benzene rings is 1. The van der Waals surface area contributed by atoms with Crippen molar-refractivity contribution in [3.8, 4) is 5.69 Å². The van der Waals surface area contributed by atoms with Crippen LogP contribution in [0.3, 0.4) is 0 Å². The van der Waals surface area contributed by atoms with E-state index in [2.05, 4.69) is 10.3 Å². The number of nitrogens with zero attached hydrogens (tertiary/aromatic N) is 3. The first-order valence-electron chi connectivity index (χ1n) is 5.69. The molecule has 4 nitrogen and oxygen atoms in total. The van der Waals surface area contributed by atoms with Crippen LogP contribution in [0.2, 0.25) is 0 Å². The maximum Gasteiger partial charge on any atom is 0.187 e. The highest BCUT2D eigenvalue weighted by atomic mass is 19.2. The van der Waals surface area contributed by atoms with Gasteiger partial charge in [-0.05, 0) is 0 Å². The van der Waals surface area contributed by atoms with Crippen LogP contribution in [0.25, 0.3) is 5.69 Å². The summed E-state index contributed by atoms with van der Waals surface area (Å²) in [5, 5.41) is 7.00. The van der Waals surface area contributed by atoms with Crippen molar-refractivity contribution in [2.45, 2.75) is 26.2 Å². The summed E-state index contributed by atoms with van der Waals surface area (Å²) in [7, 11) is 0. The lowest BCUT2D eigenvalue weighted by Crippen LogP contribution is -2.21. The molecule has 0 saturated carbocycles. The quantitative estimate of drug-likeness (QED) is 0.648. The van der Waals surface area contributed by atoms with E-state index in [1.165, 1.54) is 0 Å². The molecule has 2 N–H and O–H groups in total. The van der Waals surface area contributed by atoms with Crippen LogP contribution in [0.4, 0.5) is 23.4 Å². The van der Waals surface area contributed by atoms with E-state index in [0.717, 1.165) is 0 Å². The van der Waals surface area contributed by atoms with Gasteiger partial charge in [0.05, 0.1) is 5.69 Å². The maximum atomic E-state index is 13.8. The van der Waals surface area contributed by atoms with Gasteiger partial charge in [-0.25, -0.2) is 22.2 Å². The van der Waals surface area contributed by atoms with Gasteiger partial charge >= 0.3 is 0 Å². The molecule has 0 unspecified atom stereocenters. The van der Waals surface area contributed by atoms with Gasteiger partial charge in [-0.1, -0.05) is 26.0 Å². The average Bonchev–Trinajstić information content (AvgIpc) is 2.69. The molecule has 0 aliphatic rings. The molecule has 0 aliphatic carbocycles. The molecule has 1 aromatic carbocycles. The summed E-state index contributed by atoms with van der Waals surface area (Å²) in [6.45, 7) is 5.10. The van der Waals surface area contributed by atoms with Gasteiger partial charge in [0.2, 0.25) is 0 Å². The van der Waals surface area contributed by atoms with Crippen molar-refractivity contribution in [1.29, 1.82) is 0 Å². The molecule has 0 fully saturated rings. The lowest BCUT2D eigenvalue weighted by atomic mass is 9.91. The molecule has 0 amide bonds. The third-order valence-electron chi connectivity index (χ3n) is 2.71. The Hall–Kier alpha value is -2.12. The number of aromatic nitrogens is 3. The first kappa shape index (κ1) is 14.3. The summed E-state index contributed by atoms with van der Waals surface area (Å²) in [5.41, 5.74) is 4.11. The minimum atomic E-state index is -1.56. The van der Waals surface area contributed by atoms with Crippen LogP contribution in [-0.4, -0.2) is 15.0 Å². The van der Waals surface area contributed by atoms with Gasteiger partial charge in [0.25, 0.3) is 0 Å². The third kappa shape index (κ3) is 2.10. The highest BCUT2D eigenvalue weighted by Crippen LogP contribution is 2.31. The van der Waals surface area contributed by atoms with Gasteiger partial charge in [0, 0.05) is 11.5 Å². The van der Waals surface area contributed by atoms with Crippen LogP contribution in [0, 0.1) is 23.3 Å². The third-order valence-corrected chi connectivity index (χ3v) is 2.71. The molecule has 2 aromatic rings. The lowest BCUT2D eigenvalue weighted by Gasteiger charge is -2.20. The second-order valence-corrected chi connectivity index (χ2v) is 5.30. The summed E-state index contributed by atoms with van der Waals surface area (Å²) in [4.78, 5) is 0. The smallest absolute Gasteiger partial charge is 0.187 e. The highest BCUT2D eigenvalue weighted by molar-refractivity contribution is 5.46. The number of hydrogen-bond donors (Lipinski definition) is 1. The van der Waals surface area contributed by atoms with Gasteiger partial charge < -0.3 is 5.73 Å². The molecule has 1 aromatic heterocycles. The monoisotopic (exact) mass is 288 g/mol. The summed E-state index contributed by atoms with van der Waals surface area (Å²) >= 11 is 0. The van der Waals surface area contributed by atoms with Gasteiger partial charge in [0.1, 0.15) is 5.69 Å². The zero-order valence-corrected chi connectivity index (χ0v) is 11.0. The predicted octanol–water partition coefficient (Wildman–Crippen LogP) is 2.70. The second-order valence-electron chi connectivity index (χ2n) is 5.30. The predicted molar refractivity (Wildman–Crippen MR) is 64.3 cm³/mol. The fourth-order valence-electron chi connectivity index (χ4n) is 1.90. The minimum absolute atomic E-state index is 0.0685. The number of halogens is 4. The Morgan fingerprint density at radius 3 is 2.00 bits per heavy atom. The van der Waals surface area contributed by atoms with Crippen LogP contribution < -0.4 is 5.73 Å².